The first-order valence-corrected chi connectivity index (χ1v) is 8.39. The van der Waals surface area contributed by atoms with Gasteiger partial charge in [0.2, 0.25) is 5.91 Å². The molecular formula is C20H26N2O. The maximum Gasteiger partial charge on any atom is 0.224 e. The summed E-state index contributed by atoms with van der Waals surface area (Å²) >= 11 is 0. The third kappa shape index (κ3) is 3.05. The first kappa shape index (κ1) is 15.9. The summed E-state index contributed by atoms with van der Waals surface area (Å²) in [5.41, 5.74) is 3.79. The SMILES string of the molecule is CC(C)=C[C@H]1[C@@H](C(=O)NCCc2c[nH]c3ccccc23)C1(C)C. The van der Waals surface area contributed by atoms with Crippen LogP contribution in [0.2, 0.25) is 0 Å². The normalized spacial score (nSPS) is 21.9. The average molecular weight is 310 g/mol. The summed E-state index contributed by atoms with van der Waals surface area (Å²) in [5.74, 6) is 0.679. The number of benzene rings is 1. The maximum absolute atomic E-state index is 12.5. The number of aromatic nitrogens is 1. The Kier molecular flexibility index (Phi) is 4.05. The van der Waals surface area contributed by atoms with E-state index >= 15 is 0 Å². The fourth-order valence-electron chi connectivity index (χ4n) is 3.62. The summed E-state index contributed by atoms with van der Waals surface area (Å²) in [7, 11) is 0. The number of para-hydroxylation sites is 1. The molecule has 1 aliphatic carbocycles. The van der Waals surface area contributed by atoms with E-state index in [2.05, 4.69) is 62.3 Å². The number of carbonyl (C=O) groups is 1. The molecule has 1 heterocycles. The number of allylic oxidation sites excluding steroid dienone is 2. The third-order valence-corrected chi connectivity index (χ3v) is 5.07. The molecule has 3 nitrogen and oxygen atoms in total. The van der Waals surface area contributed by atoms with Crippen LogP contribution in [0.3, 0.4) is 0 Å². The minimum absolute atomic E-state index is 0.0855. The molecule has 0 aliphatic heterocycles. The zero-order valence-electron chi connectivity index (χ0n) is 14.4. The van der Waals surface area contributed by atoms with E-state index in [4.69, 9.17) is 0 Å². The summed E-state index contributed by atoms with van der Waals surface area (Å²) in [4.78, 5) is 15.7. The molecule has 1 aromatic heterocycles. The Morgan fingerprint density at radius 2 is 2.04 bits per heavy atom. The molecule has 23 heavy (non-hydrogen) atoms. The van der Waals surface area contributed by atoms with Crippen molar-refractivity contribution >= 4 is 16.8 Å². The molecule has 1 saturated carbocycles. The first-order valence-electron chi connectivity index (χ1n) is 8.39. The van der Waals surface area contributed by atoms with Crippen LogP contribution >= 0.6 is 0 Å². The Morgan fingerprint density at radius 3 is 2.78 bits per heavy atom. The second kappa shape index (κ2) is 5.88. The number of amides is 1. The van der Waals surface area contributed by atoms with E-state index in [0.29, 0.717) is 12.5 Å². The molecule has 1 aromatic carbocycles. The fraction of sp³-hybridized carbons (Fsp3) is 0.450. The van der Waals surface area contributed by atoms with Gasteiger partial charge in [0.1, 0.15) is 0 Å². The van der Waals surface area contributed by atoms with Gasteiger partial charge >= 0.3 is 0 Å². The van der Waals surface area contributed by atoms with Crippen molar-refractivity contribution in [1.29, 1.82) is 0 Å². The number of H-pyrrole nitrogens is 1. The standard InChI is InChI=1S/C20H26N2O/c1-13(2)11-16-18(20(16,3)4)19(23)21-10-9-14-12-22-17-8-6-5-7-15(14)17/h5-8,11-12,16,18,22H,9-10H2,1-4H3,(H,21,23)/t16-,18-/m0/s1. The molecule has 3 heteroatoms. The van der Waals surface area contributed by atoms with Gasteiger partial charge in [0.15, 0.2) is 0 Å². The Bertz CT molecular complexity index is 750. The van der Waals surface area contributed by atoms with Gasteiger partial charge in [0.05, 0.1) is 5.92 Å². The number of fused-ring (bicyclic) bond motifs is 1. The number of hydrogen-bond acceptors (Lipinski definition) is 1. The van der Waals surface area contributed by atoms with E-state index in [9.17, 15) is 4.79 Å². The average Bonchev–Trinajstić information content (AvgIpc) is 2.84. The van der Waals surface area contributed by atoms with Crippen LogP contribution in [0.5, 0.6) is 0 Å². The Hall–Kier alpha value is -2.03. The highest BCUT2D eigenvalue weighted by Gasteiger charge is 2.60. The van der Waals surface area contributed by atoms with E-state index in [1.54, 1.807) is 0 Å². The maximum atomic E-state index is 12.5. The zero-order valence-corrected chi connectivity index (χ0v) is 14.4. The molecule has 2 N–H and O–H groups in total. The first-order chi connectivity index (χ1) is 10.9. The number of carbonyl (C=O) groups excluding carboxylic acids is 1. The lowest BCUT2D eigenvalue weighted by molar-refractivity contribution is -0.123. The van der Waals surface area contributed by atoms with Crippen molar-refractivity contribution in [2.75, 3.05) is 6.54 Å². The van der Waals surface area contributed by atoms with Gasteiger partial charge < -0.3 is 10.3 Å². The van der Waals surface area contributed by atoms with Crippen LogP contribution in [0.4, 0.5) is 0 Å². The van der Waals surface area contributed by atoms with Crippen molar-refractivity contribution in [3.05, 3.63) is 47.7 Å². The van der Waals surface area contributed by atoms with Gasteiger partial charge in [-0.2, -0.15) is 0 Å². The minimum atomic E-state index is 0.0855. The van der Waals surface area contributed by atoms with E-state index in [1.807, 2.05) is 12.3 Å². The van der Waals surface area contributed by atoms with Crippen LogP contribution in [0.1, 0.15) is 33.3 Å². The lowest BCUT2D eigenvalue weighted by Crippen LogP contribution is -2.28. The molecule has 1 fully saturated rings. The van der Waals surface area contributed by atoms with Crippen molar-refractivity contribution < 1.29 is 4.79 Å². The summed E-state index contributed by atoms with van der Waals surface area (Å²) in [6.07, 6.45) is 5.14. The second-order valence-electron chi connectivity index (χ2n) is 7.47. The highest BCUT2D eigenvalue weighted by molar-refractivity contribution is 5.84. The van der Waals surface area contributed by atoms with Crippen LogP contribution in [-0.2, 0) is 11.2 Å². The van der Waals surface area contributed by atoms with Crippen LogP contribution in [0.25, 0.3) is 10.9 Å². The predicted octanol–water partition coefficient (Wildman–Crippen LogP) is 4.07. The zero-order chi connectivity index (χ0) is 16.6. The van der Waals surface area contributed by atoms with Gasteiger partial charge in [-0.1, -0.05) is 43.7 Å². The van der Waals surface area contributed by atoms with Gasteiger partial charge in [-0.3, -0.25) is 4.79 Å². The Morgan fingerprint density at radius 1 is 1.30 bits per heavy atom. The summed E-state index contributed by atoms with van der Waals surface area (Å²) < 4.78 is 0. The lowest BCUT2D eigenvalue weighted by Gasteiger charge is -2.06. The second-order valence-corrected chi connectivity index (χ2v) is 7.47. The Labute approximate surface area is 138 Å². The molecule has 0 bridgehead atoms. The molecule has 0 spiro atoms. The topological polar surface area (TPSA) is 44.9 Å². The summed E-state index contributed by atoms with van der Waals surface area (Å²) in [6, 6.07) is 8.28. The molecule has 0 saturated heterocycles. The molecule has 1 amide bonds. The quantitative estimate of drug-likeness (QED) is 0.804. The molecule has 1 aliphatic rings. The van der Waals surface area contributed by atoms with Crippen LogP contribution < -0.4 is 5.32 Å². The molecule has 2 atom stereocenters. The number of hydrogen-bond donors (Lipinski definition) is 2. The highest BCUT2D eigenvalue weighted by Crippen LogP contribution is 2.59. The van der Waals surface area contributed by atoms with E-state index in [-0.39, 0.29) is 17.2 Å². The van der Waals surface area contributed by atoms with Crippen molar-refractivity contribution in [3.8, 4) is 0 Å². The van der Waals surface area contributed by atoms with E-state index in [1.165, 1.54) is 16.5 Å². The van der Waals surface area contributed by atoms with Gasteiger partial charge in [0, 0.05) is 23.6 Å². The van der Waals surface area contributed by atoms with Crippen molar-refractivity contribution in [3.63, 3.8) is 0 Å². The van der Waals surface area contributed by atoms with Gasteiger partial charge in [-0.15, -0.1) is 0 Å². The smallest absolute Gasteiger partial charge is 0.224 e. The van der Waals surface area contributed by atoms with Gasteiger partial charge in [0.25, 0.3) is 0 Å². The lowest BCUT2D eigenvalue weighted by atomic mass is 10.1. The predicted molar refractivity (Wildman–Crippen MR) is 95.2 cm³/mol. The monoisotopic (exact) mass is 310 g/mol. The molecule has 0 radical (unpaired) electrons. The molecular weight excluding hydrogens is 284 g/mol. The fourth-order valence-corrected chi connectivity index (χ4v) is 3.62. The highest BCUT2D eigenvalue weighted by atomic mass is 16.2. The van der Waals surface area contributed by atoms with Gasteiger partial charge in [-0.25, -0.2) is 0 Å². The summed E-state index contributed by atoms with van der Waals surface area (Å²) in [6.45, 7) is 9.25. The van der Waals surface area contributed by atoms with Crippen LogP contribution in [0.15, 0.2) is 42.1 Å². The Balaban J connectivity index is 1.57. The van der Waals surface area contributed by atoms with E-state index in [0.717, 1.165) is 11.9 Å². The molecule has 122 valence electrons. The number of aromatic amines is 1. The third-order valence-electron chi connectivity index (χ3n) is 5.07. The van der Waals surface area contributed by atoms with Crippen molar-refractivity contribution in [1.82, 2.24) is 10.3 Å². The molecule has 3 rings (SSSR count). The van der Waals surface area contributed by atoms with Gasteiger partial charge in [-0.05, 0) is 43.2 Å². The largest absolute Gasteiger partial charge is 0.361 e. The number of nitrogens with one attached hydrogen (secondary N) is 2. The molecule has 2 aromatic rings. The van der Waals surface area contributed by atoms with Crippen LogP contribution in [-0.4, -0.2) is 17.4 Å². The minimum Gasteiger partial charge on any atom is -0.361 e. The van der Waals surface area contributed by atoms with Crippen molar-refractivity contribution in [2.24, 2.45) is 17.3 Å². The van der Waals surface area contributed by atoms with Crippen molar-refractivity contribution in [2.45, 2.75) is 34.1 Å². The molecule has 0 unspecified atom stereocenters. The summed E-state index contributed by atoms with van der Waals surface area (Å²) in [5, 5.41) is 4.37. The number of rotatable bonds is 5. The van der Waals surface area contributed by atoms with Crippen LogP contribution in [0, 0.1) is 17.3 Å². The van der Waals surface area contributed by atoms with E-state index < -0.39 is 0 Å².